The van der Waals surface area contributed by atoms with E-state index in [1.165, 1.54) is 11.0 Å². The molecule has 1 saturated heterocycles. The number of rotatable bonds is 2. The maximum absolute atomic E-state index is 12.6. The molecule has 3 rings (SSSR count). The fourth-order valence-corrected chi connectivity index (χ4v) is 3.50. The molecular formula is C17H20N2O5. The number of nitrogens with zero attached hydrogens (tertiary/aromatic N) is 1. The molecule has 0 bridgehead atoms. The Balaban J connectivity index is 1.92. The average molecular weight is 332 g/mol. The molecule has 24 heavy (non-hydrogen) atoms. The van der Waals surface area contributed by atoms with Gasteiger partial charge in [0.25, 0.3) is 11.5 Å². The third-order valence-corrected chi connectivity index (χ3v) is 4.77. The predicted molar refractivity (Wildman–Crippen MR) is 85.1 cm³/mol. The van der Waals surface area contributed by atoms with Crippen molar-refractivity contribution in [3.63, 3.8) is 0 Å². The van der Waals surface area contributed by atoms with Gasteiger partial charge in [0.15, 0.2) is 5.78 Å². The molecule has 1 atom stereocenters. The number of nitrogens with one attached hydrogen (secondary N) is 1. The number of pyridine rings is 1. The molecule has 1 aliphatic heterocycles. The molecule has 1 aromatic heterocycles. The van der Waals surface area contributed by atoms with Crippen LogP contribution in [0, 0.1) is 11.3 Å². The van der Waals surface area contributed by atoms with Crippen LogP contribution in [0.2, 0.25) is 0 Å². The minimum absolute atomic E-state index is 0.0867. The molecule has 2 aliphatic rings. The van der Waals surface area contributed by atoms with Crippen LogP contribution in [0.3, 0.4) is 0 Å². The van der Waals surface area contributed by atoms with Crippen LogP contribution in [-0.2, 0) is 11.2 Å². The summed E-state index contributed by atoms with van der Waals surface area (Å²) in [5, 5.41) is 9.03. The summed E-state index contributed by atoms with van der Waals surface area (Å²) in [7, 11) is 0. The van der Waals surface area contributed by atoms with Gasteiger partial charge in [-0.2, -0.15) is 0 Å². The van der Waals surface area contributed by atoms with Crippen LogP contribution in [0.5, 0.6) is 0 Å². The van der Waals surface area contributed by atoms with E-state index >= 15 is 0 Å². The van der Waals surface area contributed by atoms with Crippen molar-refractivity contribution in [1.82, 2.24) is 9.88 Å². The molecule has 1 fully saturated rings. The molecule has 128 valence electrons. The summed E-state index contributed by atoms with van der Waals surface area (Å²) in [6.07, 6.45) is 1.31. The topological polar surface area (TPSA) is 108 Å². The van der Waals surface area contributed by atoms with Gasteiger partial charge in [-0.05, 0) is 24.3 Å². The number of carboxylic acids is 1. The zero-order chi connectivity index (χ0) is 17.6. The quantitative estimate of drug-likeness (QED) is 0.842. The number of carbonyl (C=O) groups excluding carboxylic acids is 2. The number of hydrogen-bond donors (Lipinski definition) is 2. The molecule has 1 aromatic rings. The Morgan fingerprint density at radius 1 is 1.29 bits per heavy atom. The lowest BCUT2D eigenvalue weighted by molar-refractivity contribution is -0.141. The maximum atomic E-state index is 12.6. The number of H-pyrrole nitrogens is 1. The van der Waals surface area contributed by atoms with Crippen LogP contribution in [-0.4, -0.2) is 45.7 Å². The second kappa shape index (κ2) is 5.58. The summed E-state index contributed by atoms with van der Waals surface area (Å²) in [6, 6.07) is 1.38. The number of likely N-dealkylation sites (tertiary alicyclic amines) is 1. The molecule has 0 saturated carbocycles. The standard InChI is InChI=1S/C17H20N2O5/c1-17(2)6-12-10(13(20)7-17)5-11(14(21)18-12)15(22)19-4-3-9(8-19)16(23)24/h5,9H,3-4,6-8H2,1-2H3,(H,18,21)(H,23,24). The molecule has 0 aromatic carbocycles. The van der Waals surface area contributed by atoms with Gasteiger partial charge in [0, 0.05) is 30.8 Å². The molecular weight excluding hydrogens is 312 g/mol. The van der Waals surface area contributed by atoms with Crippen molar-refractivity contribution in [2.45, 2.75) is 33.1 Å². The van der Waals surface area contributed by atoms with E-state index < -0.39 is 23.4 Å². The minimum Gasteiger partial charge on any atom is -0.481 e. The van der Waals surface area contributed by atoms with E-state index in [1.54, 1.807) is 0 Å². The minimum atomic E-state index is -0.943. The Labute approximate surface area is 138 Å². The number of carboxylic acid groups (broad SMARTS) is 1. The summed E-state index contributed by atoms with van der Waals surface area (Å²) >= 11 is 0. The normalized spacial score (nSPS) is 22.3. The third-order valence-electron chi connectivity index (χ3n) is 4.77. The Morgan fingerprint density at radius 3 is 2.62 bits per heavy atom. The predicted octanol–water partition coefficient (Wildman–Crippen LogP) is 1.08. The van der Waals surface area contributed by atoms with Crippen molar-refractivity contribution in [3.05, 3.63) is 33.2 Å². The average Bonchev–Trinajstić information content (AvgIpc) is 2.94. The SMILES string of the molecule is CC1(C)CC(=O)c2cc(C(=O)N3CCC(C(=O)O)C3)c(=O)[nH]c2C1. The summed E-state index contributed by atoms with van der Waals surface area (Å²) in [4.78, 5) is 52.2. The van der Waals surface area contributed by atoms with E-state index in [9.17, 15) is 19.2 Å². The number of aromatic amines is 1. The van der Waals surface area contributed by atoms with Crippen molar-refractivity contribution in [1.29, 1.82) is 0 Å². The van der Waals surface area contributed by atoms with Gasteiger partial charge >= 0.3 is 5.97 Å². The highest BCUT2D eigenvalue weighted by atomic mass is 16.4. The van der Waals surface area contributed by atoms with Crippen LogP contribution in [0.1, 0.15) is 53.1 Å². The highest BCUT2D eigenvalue weighted by Crippen LogP contribution is 2.33. The maximum Gasteiger partial charge on any atom is 0.308 e. The zero-order valence-electron chi connectivity index (χ0n) is 13.7. The molecule has 2 N–H and O–H groups in total. The van der Waals surface area contributed by atoms with Crippen LogP contribution in [0.15, 0.2) is 10.9 Å². The van der Waals surface area contributed by atoms with E-state index in [0.29, 0.717) is 37.1 Å². The molecule has 7 heteroatoms. The summed E-state index contributed by atoms with van der Waals surface area (Å²) in [6.45, 7) is 4.31. The third kappa shape index (κ3) is 2.86. The van der Waals surface area contributed by atoms with Gasteiger partial charge in [0.2, 0.25) is 0 Å². The number of carbonyl (C=O) groups is 3. The first kappa shape index (κ1) is 16.4. The van der Waals surface area contributed by atoms with E-state index in [4.69, 9.17) is 5.11 Å². The number of aromatic nitrogens is 1. The molecule has 0 radical (unpaired) electrons. The molecule has 1 aliphatic carbocycles. The Morgan fingerprint density at radius 2 is 2.00 bits per heavy atom. The van der Waals surface area contributed by atoms with Crippen LogP contribution in [0.4, 0.5) is 0 Å². The second-order valence-corrected chi connectivity index (χ2v) is 7.42. The van der Waals surface area contributed by atoms with Gasteiger partial charge in [-0.3, -0.25) is 19.2 Å². The number of ketones is 1. The first-order valence-corrected chi connectivity index (χ1v) is 7.99. The molecule has 0 spiro atoms. The molecule has 2 heterocycles. The lowest BCUT2D eigenvalue weighted by atomic mass is 9.75. The van der Waals surface area contributed by atoms with Crippen LogP contribution >= 0.6 is 0 Å². The number of aliphatic carboxylic acids is 1. The van der Waals surface area contributed by atoms with Gasteiger partial charge in [0.05, 0.1) is 5.92 Å². The van der Waals surface area contributed by atoms with Gasteiger partial charge < -0.3 is 15.0 Å². The van der Waals surface area contributed by atoms with E-state index in [-0.39, 0.29) is 23.3 Å². The molecule has 7 nitrogen and oxygen atoms in total. The van der Waals surface area contributed by atoms with Crippen molar-refractivity contribution in [2.24, 2.45) is 11.3 Å². The monoisotopic (exact) mass is 332 g/mol. The van der Waals surface area contributed by atoms with E-state index in [0.717, 1.165) is 0 Å². The number of amides is 1. The van der Waals surface area contributed by atoms with Gasteiger partial charge in [-0.1, -0.05) is 13.8 Å². The fourth-order valence-electron chi connectivity index (χ4n) is 3.50. The van der Waals surface area contributed by atoms with Crippen LogP contribution < -0.4 is 5.56 Å². The lowest BCUT2D eigenvalue weighted by Gasteiger charge is -2.30. The highest BCUT2D eigenvalue weighted by Gasteiger charge is 2.35. The Bertz CT molecular complexity index is 793. The van der Waals surface area contributed by atoms with Crippen LogP contribution in [0.25, 0.3) is 0 Å². The first-order chi connectivity index (χ1) is 11.2. The lowest BCUT2D eigenvalue weighted by Crippen LogP contribution is -2.36. The van der Waals surface area contributed by atoms with Crippen molar-refractivity contribution in [3.8, 4) is 0 Å². The van der Waals surface area contributed by atoms with E-state index in [2.05, 4.69) is 4.98 Å². The van der Waals surface area contributed by atoms with Gasteiger partial charge in [0.1, 0.15) is 5.56 Å². The number of Topliss-reactive ketones (excluding diaryl/α,β-unsaturated/α-hetero) is 1. The van der Waals surface area contributed by atoms with Gasteiger partial charge in [-0.25, -0.2) is 0 Å². The van der Waals surface area contributed by atoms with Crippen molar-refractivity contribution >= 4 is 17.7 Å². The first-order valence-electron chi connectivity index (χ1n) is 7.99. The summed E-state index contributed by atoms with van der Waals surface area (Å²) in [5.41, 5.74) is 0.132. The van der Waals surface area contributed by atoms with Crippen molar-refractivity contribution < 1.29 is 19.5 Å². The number of hydrogen-bond acceptors (Lipinski definition) is 4. The smallest absolute Gasteiger partial charge is 0.308 e. The second-order valence-electron chi connectivity index (χ2n) is 7.42. The zero-order valence-corrected chi connectivity index (χ0v) is 13.7. The molecule has 1 amide bonds. The summed E-state index contributed by atoms with van der Waals surface area (Å²) in [5.74, 6) is -2.15. The Hall–Kier alpha value is -2.44. The van der Waals surface area contributed by atoms with E-state index in [1.807, 2.05) is 13.8 Å². The highest BCUT2D eigenvalue weighted by molar-refractivity contribution is 6.02. The largest absolute Gasteiger partial charge is 0.481 e. The number of fused-ring (bicyclic) bond motifs is 1. The molecule has 1 unspecified atom stereocenters. The van der Waals surface area contributed by atoms with Gasteiger partial charge in [-0.15, -0.1) is 0 Å². The fraction of sp³-hybridized carbons (Fsp3) is 0.529. The van der Waals surface area contributed by atoms with Crippen molar-refractivity contribution in [2.75, 3.05) is 13.1 Å². The Kier molecular flexibility index (Phi) is 3.81. The summed E-state index contributed by atoms with van der Waals surface area (Å²) < 4.78 is 0.